The average Bonchev–Trinajstić information content (AvgIpc) is 3.82. The van der Waals surface area contributed by atoms with Gasteiger partial charge in [-0.15, -0.1) is 0 Å². The third kappa shape index (κ3) is 6.38. The number of imidazole rings is 1. The fraction of sp³-hybridized carbons (Fsp3) is 0.441. The molecule has 2 saturated heterocycles. The molecule has 7 rings (SSSR count). The van der Waals surface area contributed by atoms with Gasteiger partial charge in [0.1, 0.15) is 35.9 Å². The molecular formula is C34H35FN6O5. The van der Waals surface area contributed by atoms with Crippen molar-refractivity contribution >= 4 is 17.0 Å². The SMILES string of the molecule is C[C@H]1C[C@@H](Oc2ccnc(COc3ccc(C4CC4)cc3C#N)n2)CCN1Cc1nc2c(F)cc(C(=O)O)cc2n1C[C@@H]1CCO1. The van der Waals surface area contributed by atoms with Gasteiger partial charge in [0.15, 0.2) is 11.6 Å². The second kappa shape index (κ2) is 12.7. The Hall–Kier alpha value is -4.60. The van der Waals surface area contributed by atoms with Crippen LogP contribution in [0.5, 0.6) is 11.6 Å². The summed E-state index contributed by atoms with van der Waals surface area (Å²) in [7, 11) is 0. The number of nitriles is 1. The summed E-state index contributed by atoms with van der Waals surface area (Å²) >= 11 is 0. The molecule has 46 heavy (non-hydrogen) atoms. The van der Waals surface area contributed by atoms with E-state index in [0.29, 0.717) is 60.0 Å². The normalized spacial score (nSPS) is 21.5. The van der Waals surface area contributed by atoms with E-state index in [0.717, 1.165) is 31.9 Å². The lowest BCUT2D eigenvalue weighted by molar-refractivity contribution is -0.0593. The number of likely N-dealkylation sites (tertiary alicyclic amines) is 1. The first-order valence-electron chi connectivity index (χ1n) is 15.8. The first-order valence-corrected chi connectivity index (χ1v) is 15.8. The molecule has 1 N–H and O–H groups in total. The smallest absolute Gasteiger partial charge is 0.335 e. The van der Waals surface area contributed by atoms with E-state index in [1.165, 1.54) is 24.5 Å². The number of carboxylic acid groups (broad SMARTS) is 1. The van der Waals surface area contributed by atoms with Crippen LogP contribution >= 0.6 is 0 Å². The van der Waals surface area contributed by atoms with Crippen molar-refractivity contribution in [2.24, 2.45) is 0 Å². The Morgan fingerprint density at radius 3 is 2.74 bits per heavy atom. The van der Waals surface area contributed by atoms with Gasteiger partial charge in [-0.1, -0.05) is 6.07 Å². The van der Waals surface area contributed by atoms with E-state index in [4.69, 9.17) is 14.2 Å². The highest BCUT2D eigenvalue weighted by molar-refractivity contribution is 5.92. The highest BCUT2D eigenvalue weighted by Gasteiger charge is 2.30. The van der Waals surface area contributed by atoms with Crippen LogP contribution in [0.1, 0.15) is 78.1 Å². The van der Waals surface area contributed by atoms with Crippen molar-refractivity contribution in [1.82, 2.24) is 24.4 Å². The summed E-state index contributed by atoms with van der Waals surface area (Å²) in [6.45, 7) is 4.63. The zero-order valence-corrected chi connectivity index (χ0v) is 25.6. The molecule has 0 spiro atoms. The maximum absolute atomic E-state index is 15.0. The van der Waals surface area contributed by atoms with Crippen molar-refractivity contribution in [3.05, 3.63) is 76.8 Å². The molecule has 0 bridgehead atoms. The number of carbonyl (C=O) groups is 1. The minimum Gasteiger partial charge on any atom is -0.484 e. The van der Waals surface area contributed by atoms with Gasteiger partial charge >= 0.3 is 5.97 Å². The molecule has 3 aliphatic rings. The number of halogens is 1. The lowest BCUT2D eigenvalue weighted by Crippen LogP contribution is -2.44. The van der Waals surface area contributed by atoms with Crippen LogP contribution in [0.3, 0.4) is 0 Å². The van der Waals surface area contributed by atoms with Crippen LogP contribution in [-0.4, -0.2) is 66.9 Å². The van der Waals surface area contributed by atoms with Crippen LogP contribution in [0.2, 0.25) is 0 Å². The first kappa shape index (κ1) is 30.1. The molecule has 1 saturated carbocycles. The summed E-state index contributed by atoms with van der Waals surface area (Å²) in [4.78, 5) is 27.4. The van der Waals surface area contributed by atoms with Crippen molar-refractivity contribution in [3.63, 3.8) is 0 Å². The van der Waals surface area contributed by atoms with E-state index in [-0.39, 0.29) is 35.9 Å². The molecule has 3 atom stereocenters. The quantitative estimate of drug-likeness (QED) is 0.236. The van der Waals surface area contributed by atoms with Gasteiger partial charge < -0.3 is 23.9 Å². The molecule has 238 valence electrons. The Kier molecular flexibility index (Phi) is 8.27. The monoisotopic (exact) mass is 626 g/mol. The summed E-state index contributed by atoms with van der Waals surface area (Å²) in [6, 6.07) is 12.4. The first-order chi connectivity index (χ1) is 22.3. The van der Waals surface area contributed by atoms with Gasteiger partial charge in [0.2, 0.25) is 5.88 Å². The Morgan fingerprint density at radius 1 is 1.17 bits per heavy atom. The number of hydrogen-bond donors (Lipinski definition) is 1. The molecular weight excluding hydrogens is 591 g/mol. The maximum atomic E-state index is 15.0. The van der Waals surface area contributed by atoms with Crippen molar-refractivity contribution < 1.29 is 28.5 Å². The predicted octanol–water partition coefficient (Wildman–Crippen LogP) is 5.21. The number of carboxylic acids is 1. The molecule has 11 nitrogen and oxygen atoms in total. The fourth-order valence-corrected chi connectivity index (χ4v) is 6.27. The topological polar surface area (TPSA) is 136 Å². The van der Waals surface area contributed by atoms with E-state index in [1.807, 2.05) is 22.8 Å². The molecule has 2 aromatic carbocycles. The Bertz CT molecular complexity index is 1810. The number of nitrogens with zero attached hydrogens (tertiary/aromatic N) is 6. The molecule has 0 radical (unpaired) electrons. The van der Waals surface area contributed by atoms with Gasteiger partial charge in [-0.05, 0) is 74.8 Å². The van der Waals surface area contributed by atoms with E-state index in [9.17, 15) is 19.6 Å². The van der Waals surface area contributed by atoms with Crippen molar-refractivity contribution in [1.29, 1.82) is 5.26 Å². The molecule has 12 heteroatoms. The summed E-state index contributed by atoms with van der Waals surface area (Å²) < 4.78 is 34.7. The number of aromatic carboxylic acids is 1. The van der Waals surface area contributed by atoms with Crippen LogP contribution in [0, 0.1) is 17.1 Å². The number of hydrogen-bond acceptors (Lipinski definition) is 9. The standard InChI is InChI=1S/C34H35FN6O5/c1-20-12-25(46-32-6-9-37-30(38-32)19-45-29-5-4-22(21-2-3-21)13-24(29)16-36)7-10-40(20)18-31-39-33-27(35)14-23(34(42)43)15-28(33)41(31)17-26-8-11-44-26/h4-6,9,13-15,20-21,25-26H,2-3,7-8,10-12,17-19H2,1H3,(H,42,43)/t20-,25-,26-/m0/s1. The number of piperidine rings is 1. The fourth-order valence-electron chi connectivity index (χ4n) is 6.27. The van der Waals surface area contributed by atoms with Crippen molar-refractivity contribution in [3.8, 4) is 17.7 Å². The lowest BCUT2D eigenvalue weighted by atomic mass is 10.0. The second-order valence-corrected chi connectivity index (χ2v) is 12.4. The molecule has 4 aromatic rings. The number of benzene rings is 2. The zero-order chi connectivity index (χ0) is 31.8. The third-order valence-electron chi connectivity index (χ3n) is 9.12. The van der Waals surface area contributed by atoms with Crippen molar-refractivity contribution in [2.45, 2.75) is 82.9 Å². The van der Waals surface area contributed by atoms with Gasteiger partial charge in [-0.2, -0.15) is 10.2 Å². The lowest BCUT2D eigenvalue weighted by Gasteiger charge is -2.37. The second-order valence-electron chi connectivity index (χ2n) is 12.4. The summed E-state index contributed by atoms with van der Waals surface area (Å²) in [6.07, 6.45) is 6.31. The maximum Gasteiger partial charge on any atom is 0.335 e. The van der Waals surface area contributed by atoms with Crippen molar-refractivity contribution in [2.75, 3.05) is 13.2 Å². The van der Waals surface area contributed by atoms with Gasteiger partial charge in [-0.25, -0.2) is 19.2 Å². The highest BCUT2D eigenvalue weighted by Crippen LogP contribution is 2.41. The van der Waals surface area contributed by atoms with E-state index in [2.05, 4.69) is 32.8 Å². The van der Waals surface area contributed by atoms with Crippen LogP contribution in [0.15, 0.2) is 42.6 Å². The predicted molar refractivity (Wildman–Crippen MR) is 164 cm³/mol. The van der Waals surface area contributed by atoms with Gasteiger partial charge in [0.25, 0.3) is 0 Å². The van der Waals surface area contributed by atoms with E-state index >= 15 is 0 Å². The van der Waals surface area contributed by atoms with E-state index < -0.39 is 11.8 Å². The Labute approximate surface area is 265 Å². The molecule has 2 aliphatic heterocycles. The Balaban J connectivity index is 0.992. The van der Waals surface area contributed by atoms with Crippen LogP contribution in [0.25, 0.3) is 11.0 Å². The van der Waals surface area contributed by atoms with Gasteiger partial charge in [-0.3, -0.25) is 4.90 Å². The van der Waals surface area contributed by atoms with Crippen LogP contribution < -0.4 is 9.47 Å². The third-order valence-corrected chi connectivity index (χ3v) is 9.12. The average molecular weight is 627 g/mol. The van der Waals surface area contributed by atoms with Crippen LogP contribution in [0.4, 0.5) is 4.39 Å². The summed E-state index contributed by atoms with van der Waals surface area (Å²) in [5.74, 6) is 0.863. The van der Waals surface area contributed by atoms with Crippen LogP contribution in [-0.2, 0) is 24.4 Å². The largest absolute Gasteiger partial charge is 0.484 e. The van der Waals surface area contributed by atoms with Gasteiger partial charge in [0.05, 0.1) is 35.8 Å². The molecule has 3 fully saturated rings. The molecule has 0 unspecified atom stereocenters. The summed E-state index contributed by atoms with van der Waals surface area (Å²) in [5, 5.41) is 19.1. The number of fused-ring (bicyclic) bond motifs is 1. The minimum atomic E-state index is -1.18. The zero-order valence-electron chi connectivity index (χ0n) is 25.6. The molecule has 2 aromatic heterocycles. The van der Waals surface area contributed by atoms with E-state index in [1.54, 1.807) is 12.3 Å². The number of ether oxygens (including phenoxy) is 3. The molecule has 1 aliphatic carbocycles. The molecule has 0 amide bonds. The summed E-state index contributed by atoms with van der Waals surface area (Å²) in [5.41, 5.74) is 2.23. The number of aromatic nitrogens is 4. The minimum absolute atomic E-state index is 0.00585. The molecule has 4 heterocycles. The highest BCUT2D eigenvalue weighted by atomic mass is 19.1. The van der Waals surface area contributed by atoms with Gasteiger partial charge in [0, 0.05) is 31.5 Å². The Morgan fingerprint density at radius 2 is 2.02 bits per heavy atom. The number of rotatable bonds is 11.